The second kappa shape index (κ2) is 8.62. The van der Waals surface area contributed by atoms with Gasteiger partial charge in [-0.3, -0.25) is 4.79 Å². The van der Waals surface area contributed by atoms with Crippen LogP contribution in [0.15, 0.2) is 18.2 Å². The Hall–Kier alpha value is -1.62. The van der Waals surface area contributed by atoms with Crippen molar-refractivity contribution in [3.05, 3.63) is 29.6 Å². The number of benzene rings is 1. The second-order valence-electron chi connectivity index (χ2n) is 4.85. The van der Waals surface area contributed by atoms with E-state index in [1.165, 1.54) is 12.1 Å². The van der Waals surface area contributed by atoms with Crippen molar-refractivity contribution in [2.24, 2.45) is 0 Å². The molecule has 5 heteroatoms. The zero-order chi connectivity index (χ0) is 15.8. The Morgan fingerprint density at radius 3 is 2.52 bits per heavy atom. The quantitative estimate of drug-likeness (QED) is 0.801. The Kier molecular flexibility index (Phi) is 7.15. The van der Waals surface area contributed by atoms with Gasteiger partial charge in [-0.2, -0.15) is 0 Å². The molecule has 0 aliphatic rings. The Bertz CT molecular complexity index is 462. The number of ether oxygens (including phenoxy) is 1. The molecule has 0 radical (unpaired) electrons. The summed E-state index contributed by atoms with van der Waals surface area (Å²) >= 11 is 0. The van der Waals surface area contributed by atoms with E-state index < -0.39 is 6.10 Å². The van der Waals surface area contributed by atoms with Crippen LogP contribution in [0.2, 0.25) is 0 Å². The molecule has 118 valence electrons. The lowest BCUT2D eigenvalue weighted by molar-refractivity contribution is -0.137. The van der Waals surface area contributed by atoms with Crippen molar-refractivity contribution in [3.8, 4) is 5.75 Å². The van der Waals surface area contributed by atoms with Gasteiger partial charge in [-0.1, -0.05) is 6.92 Å². The van der Waals surface area contributed by atoms with E-state index in [-0.39, 0.29) is 11.7 Å². The molecule has 0 bridgehead atoms. The maximum absolute atomic E-state index is 13.6. The molecule has 0 fully saturated rings. The van der Waals surface area contributed by atoms with E-state index in [9.17, 15) is 9.18 Å². The van der Waals surface area contributed by atoms with E-state index in [2.05, 4.69) is 5.32 Å². The molecule has 1 unspecified atom stereocenters. The molecule has 1 amide bonds. The molecule has 0 saturated carbocycles. The number of halogens is 1. The summed E-state index contributed by atoms with van der Waals surface area (Å²) in [7, 11) is 0. The van der Waals surface area contributed by atoms with Crippen LogP contribution < -0.4 is 10.1 Å². The van der Waals surface area contributed by atoms with Gasteiger partial charge >= 0.3 is 0 Å². The molecule has 0 heterocycles. The minimum Gasteiger partial charge on any atom is -0.481 e. The third kappa shape index (κ3) is 5.34. The summed E-state index contributed by atoms with van der Waals surface area (Å²) < 4.78 is 19.2. The van der Waals surface area contributed by atoms with Crippen molar-refractivity contribution in [3.63, 3.8) is 0 Å². The third-order valence-electron chi connectivity index (χ3n) is 3.25. The average Bonchev–Trinajstić information content (AvgIpc) is 2.45. The van der Waals surface area contributed by atoms with E-state index in [0.29, 0.717) is 25.4 Å². The molecular weight excluding hydrogens is 271 g/mol. The average molecular weight is 296 g/mol. The van der Waals surface area contributed by atoms with Gasteiger partial charge in [-0.05, 0) is 45.0 Å². The molecule has 21 heavy (non-hydrogen) atoms. The minimum atomic E-state index is -0.626. The van der Waals surface area contributed by atoms with Crippen molar-refractivity contribution in [2.75, 3.05) is 19.6 Å². The van der Waals surface area contributed by atoms with Gasteiger partial charge in [0.25, 0.3) is 5.91 Å². The largest absolute Gasteiger partial charge is 0.481 e. The number of carbonyl (C=O) groups is 1. The number of hydrogen-bond acceptors (Lipinski definition) is 3. The lowest BCUT2D eigenvalue weighted by atomic mass is 10.2. The first-order valence-corrected chi connectivity index (χ1v) is 7.47. The Morgan fingerprint density at radius 2 is 1.95 bits per heavy atom. The molecule has 0 saturated heterocycles. The van der Waals surface area contributed by atoms with Crippen LogP contribution in [0.4, 0.5) is 4.39 Å². The monoisotopic (exact) mass is 296 g/mol. The Labute approximate surface area is 126 Å². The maximum Gasteiger partial charge on any atom is 0.263 e. The number of carbonyl (C=O) groups excluding carboxylic acids is 1. The highest BCUT2D eigenvalue weighted by atomic mass is 19.1. The SMILES string of the molecule is CCNCc1cc(F)cc(OC(C)C(=O)N(CC)CC)c1. The van der Waals surface area contributed by atoms with E-state index >= 15 is 0 Å². The standard InChI is InChI=1S/C16H25FN2O2/c1-5-18-11-13-8-14(17)10-15(9-13)21-12(4)16(20)19(6-2)7-3/h8-10,12,18H,5-7,11H2,1-4H3. The Morgan fingerprint density at radius 1 is 1.29 bits per heavy atom. The van der Waals surface area contributed by atoms with Crippen molar-refractivity contribution < 1.29 is 13.9 Å². The van der Waals surface area contributed by atoms with Crippen LogP contribution in [0.1, 0.15) is 33.3 Å². The van der Waals surface area contributed by atoms with E-state index in [0.717, 1.165) is 12.1 Å². The van der Waals surface area contributed by atoms with Gasteiger partial charge in [-0.25, -0.2) is 4.39 Å². The van der Waals surface area contributed by atoms with Crippen LogP contribution in [-0.2, 0) is 11.3 Å². The van der Waals surface area contributed by atoms with Gasteiger partial charge in [-0.15, -0.1) is 0 Å². The predicted octanol–water partition coefficient (Wildman–Crippen LogP) is 2.57. The van der Waals surface area contributed by atoms with Gasteiger partial charge in [0.15, 0.2) is 6.10 Å². The van der Waals surface area contributed by atoms with E-state index in [4.69, 9.17) is 4.74 Å². The molecular formula is C16H25FN2O2. The Balaban J connectivity index is 2.77. The van der Waals surface area contributed by atoms with E-state index in [1.807, 2.05) is 20.8 Å². The molecule has 1 atom stereocenters. The highest BCUT2D eigenvalue weighted by Crippen LogP contribution is 2.18. The van der Waals surface area contributed by atoms with Gasteiger partial charge < -0.3 is 15.0 Å². The van der Waals surface area contributed by atoms with Gasteiger partial charge in [0.2, 0.25) is 0 Å². The summed E-state index contributed by atoms with van der Waals surface area (Å²) in [6.07, 6.45) is -0.626. The van der Waals surface area contributed by atoms with Crippen LogP contribution in [0, 0.1) is 5.82 Å². The lowest BCUT2D eigenvalue weighted by Gasteiger charge is -2.23. The smallest absolute Gasteiger partial charge is 0.263 e. The summed E-state index contributed by atoms with van der Waals surface area (Å²) in [4.78, 5) is 13.8. The molecule has 1 aromatic rings. The number of likely N-dealkylation sites (N-methyl/N-ethyl adjacent to an activating group) is 1. The van der Waals surface area contributed by atoms with Gasteiger partial charge in [0, 0.05) is 25.7 Å². The van der Waals surface area contributed by atoms with Crippen LogP contribution in [0.25, 0.3) is 0 Å². The summed E-state index contributed by atoms with van der Waals surface area (Å²) in [5.74, 6) is -0.0590. The van der Waals surface area contributed by atoms with Crippen LogP contribution in [-0.4, -0.2) is 36.5 Å². The summed E-state index contributed by atoms with van der Waals surface area (Å²) in [5.41, 5.74) is 0.800. The summed E-state index contributed by atoms with van der Waals surface area (Å²) in [6, 6.07) is 4.53. The van der Waals surface area contributed by atoms with Crippen molar-refractivity contribution >= 4 is 5.91 Å². The zero-order valence-corrected chi connectivity index (χ0v) is 13.3. The number of rotatable bonds is 8. The first kappa shape index (κ1) is 17.4. The molecule has 1 aromatic carbocycles. The van der Waals surface area contributed by atoms with Crippen molar-refractivity contribution in [1.82, 2.24) is 10.2 Å². The summed E-state index contributed by atoms with van der Waals surface area (Å²) in [6.45, 7) is 10.2. The van der Waals surface area contributed by atoms with Crippen molar-refractivity contribution in [1.29, 1.82) is 0 Å². The summed E-state index contributed by atoms with van der Waals surface area (Å²) in [5, 5.41) is 3.13. The van der Waals surface area contributed by atoms with Crippen LogP contribution in [0.5, 0.6) is 5.75 Å². The highest BCUT2D eigenvalue weighted by molar-refractivity contribution is 5.80. The maximum atomic E-state index is 13.6. The molecule has 4 nitrogen and oxygen atoms in total. The van der Waals surface area contributed by atoms with Crippen LogP contribution >= 0.6 is 0 Å². The first-order chi connectivity index (χ1) is 10.0. The second-order valence-corrected chi connectivity index (χ2v) is 4.85. The fourth-order valence-corrected chi connectivity index (χ4v) is 2.11. The lowest BCUT2D eigenvalue weighted by Crippen LogP contribution is -2.40. The number of hydrogen-bond donors (Lipinski definition) is 1. The van der Waals surface area contributed by atoms with E-state index in [1.54, 1.807) is 17.9 Å². The number of amides is 1. The number of nitrogens with zero attached hydrogens (tertiary/aromatic N) is 1. The van der Waals surface area contributed by atoms with Crippen LogP contribution in [0.3, 0.4) is 0 Å². The zero-order valence-electron chi connectivity index (χ0n) is 13.3. The molecule has 0 aromatic heterocycles. The van der Waals surface area contributed by atoms with Gasteiger partial charge in [0.1, 0.15) is 11.6 Å². The minimum absolute atomic E-state index is 0.0857. The predicted molar refractivity (Wildman–Crippen MR) is 81.8 cm³/mol. The van der Waals surface area contributed by atoms with Crippen molar-refractivity contribution in [2.45, 2.75) is 40.3 Å². The highest BCUT2D eigenvalue weighted by Gasteiger charge is 2.20. The first-order valence-electron chi connectivity index (χ1n) is 7.47. The fraction of sp³-hybridized carbons (Fsp3) is 0.562. The molecule has 0 aliphatic carbocycles. The molecule has 0 spiro atoms. The third-order valence-corrected chi connectivity index (χ3v) is 3.25. The fourth-order valence-electron chi connectivity index (χ4n) is 2.11. The molecule has 1 rings (SSSR count). The molecule has 1 N–H and O–H groups in total. The molecule has 0 aliphatic heterocycles. The topological polar surface area (TPSA) is 41.6 Å². The normalized spacial score (nSPS) is 12.0. The van der Waals surface area contributed by atoms with Gasteiger partial charge in [0.05, 0.1) is 0 Å². The number of nitrogens with one attached hydrogen (secondary N) is 1.